The summed E-state index contributed by atoms with van der Waals surface area (Å²) in [5.41, 5.74) is 1.07. The maximum absolute atomic E-state index is 11.8. The van der Waals surface area contributed by atoms with Crippen LogP contribution < -0.4 is 0 Å². The second-order valence-corrected chi connectivity index (χ2v) is 15.4. The van der Waals surface area contributed by atoms with Gasteiger partial charge in [0, 0.05) is 0 Å². The van der Waals surface area contributed by atoms with Gasteiger partial charge in [-0.2, -0.15) is 8.42 Å². The molecule has 1 unspecified atom stereocenters. The van der Waals surface area contributed by atoms with Crippen molar-refractivity contribution < 1.29 is 13.0 Å². The third-order valence-electron chi connectivity index (χ3n) is 5.21. The molecule has 0 radical (unpaired) electrons. The Labute approximate surface area is 162 Å². The molecule has 0 spiro atoms. The monoisotopic (exact) mass is 398 g/mol. The molecule has 1 N–H and O–H groups in total. The smallest absolute Gasteiger partial charge is 0.282 e. The van der Waals surface area contributed by atoms with Crippen molar-refractivity contribution >= 4 is 18.2 Å². The number of rotatable bonds is 13. The van der Waals surface area contributed by atoms with E-state index >= 15 is 0 Å². The topological polar surface area (TPSA) is 54.4 Å². The molecule has 0 amide bonds. The molecule has 26 heavy (non-hydrogen) atoms. The van der Waals surface area contributed by atoms with E-state index in [2.05, 4.69) is 26.6 Å². The third kappa shape index (κ3) is 8.36. The summed E-state index contributed by atoms with van der Waals surface area (Å²) in [6, 6.07) is 6.99. The summed E-state index contributed by atoms with van der Waals surface area (Å²) in [5, 5.41) is 0. The molecule has 3 nitrogen and oxygen atoms in total. The predicted molar refractivity (Wildman–Crippen MR) is 114 cm³/mol. The van der Waals surface area contributed by atoms with Crippen molar-refractivity contribution in [2.45, 2.75) is 101 Å². The first-order valence-electron chi connectivity index (χ1n) is 10.2. The van der Waals surface area contributed by atoms with Gasteiger partial charge in [-0.25, -0.2) is 0 Å². The summed E-state index contributed by atoms with van der Waals surface area (Å²) in [6.07, 6.45) is 12.6. The van der Waals surface area contributed by atoms with Gasteiger partial charge in [-0.15, -0.1) is 0 Å². The fourth-order valence-corrected chi connectivity index (χ4v) is 6.84. The average Bonchev–Trinajstić information content (AvgIpc) is 2.55. The second-order valence-electron chi connectivity index (χ2n) is 8.55. The molecule has 0 aliphatic heterocycles. The standard InChI is InChI=1S/C21H38O3SSi/c1-5-6-7-8-9-10-11-12-13-18-21(26(2,3)4)19-16-14-15-17-20(19)25(22,23)24/h14-17,21H,5-13,18H2,1-4H3,(H,22,23,24). The molecule has 0 saturated heterocycles. The van der Waals surface area contributed by atoms with Crippen molar-refractivity contribution in [1.29, 1.82) is 0 Å². The zero-order valence-corrected chi connectivity index (χ0v) is 18.9. The fraction of sp³-hybridized carbons (Fsp3) is 0.714. The van der Waals surface area contributed by atoms with Crippen LogP contribution in [0.4, 0.5) is 0 Å². The lowest BCUT2D eigenvalue weighted by Gasteiger charge is -2.30. The first-order valence-corrected chi connectivity index (χ1v) is 15.3. The van der Waals surface area contributed by atoms with Gasteiger partial charge in [-0.1, -0.05) is 103 Å². The van der Waals surface area contributed by atoms with Crippen LogP contribution in [0, 0.1) is 0 Å². The lowest BCUT2D eigenvalue weighted by molar-refractivity contribution is 0.481. The highest BCUT2D eigenvalue weighted by atomic mass is 32.2. The van der Waals surface area contributed by atoms with Gasteiger partial charge in [0.25, 0.3) is 10.1 Å². The molecule has 0 aromatic heterocycles. The fourth-order valence-electron chi connectivity index (χ4n) is 3.72. The Kier molecular flexibility index (Phi) is 10.1. The van der Waals surface area contributed by atoms with Gasteiger partial charge < -0.3 is 0 Å². The van der Waals surface area contributed by atoms with Crippen molar-refractivity contribution in [3.8, 4) is 0 Å². The summed E-state index contributed by atoms with van der Waals surface area (Å²) in [7, 11) is -5.77. The van der Waals surface area contributed by atoms with E-state index in [4.69, 9.17) is 0 Å². The molecular formula is C21H38O3SSi. The van der Waals surface area contributed by atoms with Gasteiger partial charge in [-0.3, -0.25) is 4.55 Å². The van der Waals surface area contributed by atoms with E-state index in [0.717, 1.165) is 18.4 Å². The van der Waals surface area contributed by atoms with Crippen LogP contribution in [0.15, 0.2) is 29.2 Å². The molecule has 0 aliphatic rings. The molecule has 0 heterocycles. The number of hydrogen-bond donors (Lipinski definition) is 1. The van der Waals surface area contributed by atoms with E-state index in [1.807, 2.05) is 12.1 Å². The Hall–Kier alpha value is -0.653. The summed E-state index contributed by atoms with van der Waals surface area (Å²) < 4.78 is 33.2. The molecule has 0 aliphatic carbocycles. The number of benzene rings is 1. The van der Waals surface area contributed by atoms with E-state index < -0.39 is 18.2 Å². The van der Waals surface area contributed by atoms with Gasteiger partial charge in [-0.05, 0) is 23.6 Å². The van der Waals surface area contributed by atoms with E-state index in [1.54, 1.807) is 6.07 Å². The molecule has 1 rings (SSSR count). The molecular weight excluding hydrogens is 360 g/mol. The molecule has 1 atom stereocenters. The van der Waals surface area contributed by atoms with Gasteiger partial charge in [0.05, 0.1) is 13.0 Å². The molecule has 1 aromatic rings. The molecule has 0 bridgehead atoms. The van der Waals surface area contributed by atoms with Crippen LogP contribution in [0.25, 0.3) is 0 Å². The van der Waals surface area contributed by atoms with Gasteiger partial charge >= 0.3 is 0 Å². The van der Waals surface area contributed by atoms with Gasteiger partial charge in [0.15, 0.2) is 0 Å². The quantitative estimate of drug-likeness (QED) is 0.225. The number of hydrogen-bond acceptors (Lipinski definition) is 2. The van der Waals surface area contributed by atoms with Crippen molar-refractivity contribution in [1.82, 2.24) is 0 Å². The lowest BCUT2D eigenvalue weighted by Crippen LogP contribution is -2.32. The first-order chi connectivity index (χ1) is 12.2. The Bertz CT molecular complexity index is 620. The van der Waals surface area contributed by atoms with Gasteiger partial charge in [0.2, 0.25) is 0 Å². The highest BCUT2D eigenvalue weighted by molar-refractivity contribution is 7.85. The van der Waals surface area contributed by atoms with Crippen LogP contribution in [0.5, 0.6) is 0 Å². The highest BCUT2D eigenvalue weighted by Gasteiger charge is 2.31. The molecule has 0 saturated carbocycles. The van der Waals surface area contributed by atoms with Crippen LogP contribution >= 0.6 is 0 Å². The van der Waals surface area contributed by atoms with Gasteiger partial charge in [0.1, 0.15) is 0 Å². The van der Waals surface area contributed by atoms with E-state index in [1.165, 1.54) is 57.4 Å². The third-order valence-corrected chi connectivity index (χ3v) is 8.83. The minimum atomic E-state index is -4.17. The maximum Gasteiger partial charge on any atom is 0.294 e. The van der Waals surface area contributed by atoms with E-state index in [9.17, 15) is 13.0 Å². The molecule has 150 valence electrons. The zero-order chi connectivity index (χ0) is 19.6. The zero-order valence-electron chi connectivity index (χ0n) is 17.1. The Balaban J connectivity index is 2.60. The summed E-state index contributed by atoms with van der Waals surface area (Å²) in [6.45, 7) is 9.10. The van der Waals surface area contributed by atoms with Crippen molar-refractivity contribution in [3.63, 3.8) is 0 Å². The van der Waals surface area contributed by atoms with Crippen LogP contribution in [-0.2, 0) is 10.1 Å². The molecule has 5 heteroatoms. The predicted octanol–water partition coefficient (Wildman–Crippen LogP) is 6.82. The normalized spacial score (nSPS) is 13.7. The van der Waals surface area contributed by atoms with Crippen molar-refractivity contribution in [3.05, 3.63) is 29.8 Å². The second kappa shape index (κ2) is 11.2. The SMILES string of the molecule is CCCCCCCCCCCC(c1ccccc1S(=O)(=O)O)[Si](C)(C)C. The van der Waals surface area contributed by atoms with E-state index in [-0.39, 0.29) is 10.4 Å². The van der Waals surface area contributed by atoms with Crippen LogP contribution in [-0.4, -0.2) is 21.0 Å². The summed E-state index contributed by atoms with van der Waals surface area (Å²) in [5.74, 6) is 0. The van der Waals surface area contributed by atoms with E-state index in [0.29, 0.717) is 0 Å². The lowest BCUT2D eigenvalue weighted by atomic mass is 10.0. The minimum Gasteiger partial charge on any atom is -0.282 e. The summed E-state index contributed by atoms with van der Waals surface area (Å²) >= 11 is 0. The first kappa shape index (κ1) is 23.4. The highest BCUT2D eigenvalue weighted by Crippen LogP contribution is 2.35. The van der Waals surface area contributed by atoms with Crippen LogP contribution in [0.2, 0.25) is 19.6 Å². The minimum absolute atomic E-state index is 0.100. The maximum atomic E-state index is 11.8. The Morgan fingerprint density at radius 2 is 1.38 bits per heavy atom. The van der Waals surface area contributed by atoms with Crippen molar-refractivity contribution in [2.75, 3.05) is 0 Å². The van der Waals surface area contributed by atoms with Crippen LogP contribution in [0.1, 0.15) is 82.2 Å². The molecule has 1 aromatic carbocycles. The van der Waals surface area contributed by atoms with Crippen LogP contribution in [0.3, 0.4) is 0 Å². The summed E-state index contributed by atoms with van der Waals surface area (Å²) in [4.78, 5) is 0.100. The molecule has 0 fully saturated rings. The Morgan fingerprint density at radius 1 is 0.885 bits per heavy atom. The average molecular weight is 399 g/mol. The Morgan fingerprint density at radius 3 is 1.88 bits per heavy atom. The number of unbranched alkanes of at least 4 members (excludes halogenated alkanes) is 8. The van der Waals surface area contributed by atoms with Crippen molar-refractivity contribution in [2.24, 2.45) is 0 Å². The largest absolute Gasteiger partial charge is 0.294 e.